The molecule has 1 aliphatic rings. The number of halogens is 1. The molecule has 5 nitrogen and oxygen atoms in total. The van der Waals surface area contributed by atoms with E-state index in [4.69, 9.17) is 16.3 Å². The van der Waals surface area contributed by atoms with Gasteiger partial charge < -0.3 is 4.74 Å². The minimum absolute atomic E-state index is 0.0452. The van der Waals surface area contributed by atoms with Crippen LogP contribution in [0.15, 0.2) is 53.4 Å². The van der Waals surface area contributed by atoms with Crippen molar-refractivity contribution in [1.82, 2.24) is 4.31 Å². The zero-order chi connectivity index (χ0) is 18.2. The highest BCUT2D eigenvalue weighted by molar-refractivity contribution is 7.89. The van der Waals surface area contributed by atoms with Crippen LogP contribution >= 0.6 is 11.6 Å². The second kappa shape index (κ2) is 6.78. The smallest absolute Gasteiger partial charge is 0.269 e. The van der Waals surface area contributed by atoms with Crippen LogP contribution in [0.25, 0.3) is 0 Å². The van der Waals surface area contributed by atoms with Gasteiger partial charge in [0.25, 0.3) is 15.9 Å². The van der Waals surface area contributed by atoms with Crippen LogP contribution in [-0.2, 0) is 19.6 Å². The lowest BCUT2D eigenvalue weighted by Gasteiger charge is -2.23. The van der Waals surface area contributed by atoms with Crippen LogP contribution in [-0.4, -0.2) is 24.7 Å². The first-order valence-electron chi connectivity index (χ1n) is 7.91. The number of carbonyl (C=O) groups excluding carboxylic acids is 1. The number of benzene rings is 2. The normalized spacial score (nSPS) is 20.9. The van der Waals surface area contributed by atoms with Crippen molar-refractivity contribution in [3.63, 3.8) is 0 Å². The van der Waals surface area contributed by atoms with Crippen LogP contribution < -0.4 is 0 Å². The van der Waals surface area contributed by atoms with Gasteiger partial charge in [0.15, 0.2) is 6.23 Å². The summed E-state index contributed by atoms with van der Waals surface area (Å²) in [6.45, 7) is 3.63. The molecule has 0 aromatic heterocycles. The topological polar surface area (TPSA) is 63.7 Å². The second-order valence-electron chi connectivity index (χ2n) is 5.86. The van der Waals surface area contributed by atoms with E-state index in [1.165, 1.54) is 12.1 Å². The van der Waals surface area contributed by atoms with Gasteiger partial charge in [0.1, 0.15) is 6.10 Å². The molecule has 2 aromatic carbocycles. The first-order chi connectivity index (χ1) is 11.9. The van der Waals surface area contributed by atoms with Crippen molar-refractivity contribution in [3.05, 3.63) is 64.7 Å². The Morgan fingerprint density at radius 1 is 1.12 bits per heavy atom. The largest absolute Gasteiger partial charge is 0.340 e. The van der Waals surface area contributed by atoms with Crippen LogP contribution in [0.1, 0.15) is 30.7 Å². The van der Waals surface area contributed by atoms with E-state index in [1.54, 1.807) is 43.3 Å². The summed E-state index contributed by atoms with van der Waals surface area (Å²) in [7, 11) is -4.06. The second-order valence-corrected chi connectivity index (χ2v) is 8.08. The van der Waals surface area contributed by atoms with Crippen molar-refractivity contribution in [2.45, 2.75) is 37.5 Å². The fraction of sp³-hybridized carbons (Fsp3) is 0.278. The summed E-state index contributed by atoms with van der Waals surface area (Å²) in [5, 5.41) is 0.348. The highest BCUT2D eigenvalue weighted by atomic mass is 35.5. The molecule has 0 spiro atoms. The average molecular weight is 380 g/mol. The molecule has 1 fully saturated rings. The van der Waals surface area contributed by atoms with Crippen LogP contribution in [0.2, 0.25) is 5.02 Å². The molecule has 0 bridgehead atoms. The third-order valence-electron chi connectivity index (χ3n) is 4.12. The van der Waals surface area contributed by atoms with Gasteiger partial charge in [-0.15, -0.1) is 0 Å². The van der Waals surface area contributed by atoms with Crippen molar-refractivity contribution in [2.75, 3.05) is 0 Å². The molecule has 0 saturated carbocycles. The molecule has 0 radical (unpaired) electrons. The predicted molar refractivity (Wildman–Crippen MR) is 94.6 cm³/mol. The Hall–Kier alpha value is -1.89. The molecule has 1 saturated heterocycles. The molecular formula is C18H18ClNO4S. The summed E-state index contributed by atoms with van der Waals surface area (Å²) in [6, 6.07) is 13.1. The van der Waals surface area contributed by atoms with E-state index >= 15 is 0 Å². The van der Waals surface area contributed by atoms with Gasteiger partial charge in [0.05, 0.1) is 4.90 Å². The first-order valence-corrected chi connectivity index (χ1v) is 9.73. The number of hydrogen-bond donors (Lipinski definition) is 0. The van der Waals surface area contributed by atoms with E-state index in [1.807, 2.05) is 6.92 Å². The van der Waals surface area contributed by atoms with E-state index in [2.05, 4.69) is 0 Å². The van der Waals surface area contributed by atoms with Crippen LogP contribution in [0.4, 0.5) is 0 Å². The molecule has 132 valence electrons. The van der Waals surface area contributed by atoms with E-state index in [0.717, 1.165) is 9.87 Å². The molecule has 3 rings (SSSR count). The van der Waals surface area contributed by atoms with Gasteiger partial charge in [0.2, 0.25) is 0 Å². The fourth-order valence-electron chi connectivity index (χ4n) is 2.74. The Morgan fingerprint density at radius 2 is 1.76 bits per heavy atom. The minimum atomic E-state index is -4.06. The molecule has 7 heteroatoms. The maximum absolute atomic E-state index is 13.1. The van der Waals surface area contributed by atoms with E-state index in [9.17, 15) is 13.2 Å². The molecular weight excluding hydrogens is 362 g/mol. The molecule has 2 atom stereocenters. The minimum Gasteiger partial charge on any atom is -0.340 e. The molecule has 1 heterocycles. The number of aryl methyl sites for hydroxylation is 1. The van der Waals surface area contributed by atoms with Gasteiger partial charge in [-0.2, -0.15) is 0 Å². The maximum Gasteiger partial charge on any atom is 0.269 e. The SMILES string of the molecule is CC[C@@H]1O[C@H](c2ccccc2Cl)N(S(=O)(=O)c2ccc(C)cc2)C1=O. The lowest BCUT2D eigenvalue weighted by atomic mass is 10.2. The molecule has 2 aromatic rings. The molecule has 1 aliphatic heterocycles. The van der Waals surface area contributed by atoms with Gasteiger partial charge in [-0.1, -0.05) is 54.4 Å². The number of sulfonamides is 1. The summed E-state index contributed by atoms with van der Waals surface area (Å²) < 4.78 is 32.7. The number of carbonyl (C=O) groups is 1. The Morgan fingerprint density at radius 3 is 2.36 bits per heavy atom. The van der Waals surface area contributed by atoms with Crippen molar-refractivity contribution >= 4 is 27.5 Å². The van der Waals surface area contributed by atoms with Crippen molar-refractivity contribution in [3.8, 4) is 0 Å². The van der Waals surface area contributed by atoms with E-state index in [0.29, 0.717) is 17.0 Å². The van der Waals surface area contributed by atoms with Crippen molar-refractivity contribution in [2.24, 2.45) is 0 Å². The predicted octanol–water partition coefficient (Wildman–Crippen LogP) is 3.67. The standard InChI is InChI=1S/C18H18ClNO4S/c1-3-16-17(21)20(18(24-16)14-6-4-5-7-15(14)19)25(22,23)13-10-8-12(2)9-11-13/h4-11,16,18H,3H2,1-2H3/t16-,18+/m0/s1. The maximum atomic E-state index is 13.1. The van der Waals surface area contributed by atoms with E-state index < -0.39 is 28.3 Å². The highest BCUT2D eigenvalue weighted by Crippen LogP contribution is 2.39. The summed E-state index contributed by atoms with van der Waals surface area (Å²) in [6.07, 6.45) is -1.52. The number of rotatable bonds is 4. The molecule has 0 unspecified atom stereocenters. The van der Waals surface area contributed by atoms with Crippen LogP contribution in [0.3, 0.4) is 0 Å². The number of hydrogen-bond acceptors (Lipinski definition) is 4. The van der Waals surface area contributed by atoms with E-state index in [-0.39, 0.29) is 4.90 Å². The third kappa shape index (κ3) is 3.17. The summed E-state index contributed by atoms with van der Waals surface area (Å²) in [5.74, 6) is -0.576. The lowest BCUT2D eigenvalue weighted by Crippen LogP contribution is -2.36. The first kappa shape index (κ1) is 17.9. The quantitative estimate of drug-likeness (QED) is 0.813. The summed E-state index contributed by atoms with van der Waals surface area (Å²) in [4.78, 5) is 12.7. The summed E-state index contributed by atoms with van der Waals surface area (Å²) >= 11 is 6.21. The van der Waals surface area contributed by atoms with Crippen LogP contribution in [0.5, 0.6) is 0 Å². The summed E-state index contributed by atoms with van der Waals surface area (Å²) in [5.41, 5.74) is 1.38. The van der Waals surface area contributed by atoms with Gasteiger partial charge in [-0.05, 0) is 31.5 Å². The van der Waals surface area contributed by atoms with Crippen LogP contribution in [0, 0.1) is 6.92 Å². The Kier molecular flexibility index (Phi) is 4.86. The van der Waals surface area contributed by atoms with Gasteiger partial charge >= 0.3 is 0 Å². The van der Waals surface area contributed by atoms with Gasteiger partial charge in [-0.3, -0.25) is 4.79 Å². The molecule has 0 N–H and O–H groups in total. The number of amides is 1. The van der Waals surface area contributed by atoms with Gasteiger partial charge in [-0.25, -0.2) is 12.7 Å². The number of nitrogens with zero attached hydrogens (tertiary/aromatic N) is 1. The zero-order valence-corrected chi connectivity index (χ0v) is 15.4. The Labute approximate surface area is 152 Å². The van der Waals surface area contributed by atoms with Crippen molar-refractivity contribution in [1.29, 1.82) is 0 Å². The molecule has 0 aliphatic carbocycles. The Balaban J connectivity index is 2.11. The fourth-order valence-corrected chi connectivity index (χ4v) is 4.45. The Bertz CT molecular complexity index is 896. The van der Waals surface area contributed by atoms with Gasteiger partial charge in [0, 0.05) is 10.6 Å². The zero-order valence-electron chi connectivity index (χ0n) is 13.8. The molecule has 1 amide bonds. The molecule has 25 heavy (non-hydrogen) atoms. The number of ether oxygens (including phenoxy) is 1. The van der Waals surface area contributed by atoms with Crippen molar-refractivity contribution < 1.29 is 17.9 Å². The third-order valence-corrected chi connectivity index (χ3v) is 6.22. The average Bonchev–Trinajstić information content (AvgIpc) is 2.92. The monoisotopic (exact) mass is 379 g/mol. The lowest BCUT2D eigenvalue weighted by molar-refractivity contribution is -0.126. The highest BCUT2D eigenvalue weighted by Gasteiger charge is 2.48.